The maximum Gasteiger partial charge on any atom is 1.00 e. The maximum atomic E-state index is 12.4. The van der Waals surface area contributed by atoms with Crippen molar-refractivity contribution in [2.24, 2.45) is 0 Å². The number of carboxylic acids is 2. The molecule has 0 amide bonds. The summed E-state index contributed by atoms with van der Waals surface area (Å²) in [5.74, 6) is -3.93. The molecule has 0 bridgehead atoms. The van der Waals surface area contributed by atoms with Crippen molar-refractivity contribution < 1.29 is 98.0 Å². The molecule has 0 aliphatic carbocycles. The fourth-order valence-corrected chi connectivity index (χ4v) is 3.93. The van der Waals surface area contributed by atoms with E-state index in [1.807, 2.05) is 0 Å². The standard InChI is InChI=1S/C24H38O4.C8H6O4.2Na/c1-3-5-7-9-11-15-19-27-23(25)21-17-13-14-18-22(21)24(26)28-20-16-12-10-8-6-4-2;9-7(10)5-3-1-2-4-6(5)8(11)12;;/h13-14,17-18H,3-12,15-16,19-20H2,1-2H3;1-4H,(H,9,10)(H,11,12);;/q;;2*+1/p-2. The minimum atomic E-state index is -1.52. The Kier molecular flexibility index (Phi) is 27.2. The predicted molar refractivity (Wildman–Crippen MR) is 149 cm³/mol. The molecule has 0 aliphatic heterocycles. The Morgan fingerprint density at radius 1 is 0.500 bits per heavy atom. The van der Waals surface area contributed by atoms with Gasteiger partial charge in [0.15, 0.2) is 0 Å². The Bertz CT molecular complexity index is 976. The van der Waals surface area contributed by atoms with Crippen LogP contribution in [0.25, 0.3) is 0 Å². The van der Waals surface area contributed by atoms with Crippen LogP contribution in [0.4, 0.5) is 0 Å². The molecule has 42 heavy (non-hydrogen) atoms. The second kappa shape index (κ2) is 26.9. The summed E-state index contributed by atoms with van der Waals surface area (Å²) in [4.78, 5) is 45.4. The van der Waals surface area contributed by atoms with Gasteiger partial charge < -0.3 is 29.3 Å². The van der Waals surface area contributed by atoms with Crippen LogP contribution in [-0.4, -0.2) is 37.1 Å². The first-order valence-corrected chi connectivity index (χ1v) is 14.3. The number of carbonyl (C=O) groups excluding carboxylic acids is 4. The molecular weight excluding hydrogens is 558 g/mol. The van der Waals surface area contributed by atoms with Gasteiger partial charge in [-0.1, -0.05) is 114 Å². The van der Waals surface area contributed by atoms with Crippen LogP contribution in [0.2, 0.25) is 0 Å². The quantitative estimate of drug-likeness (QED) is 0.123. The number of esters is 2. The van der Waals surface area contributed by atoms with Crippen molar-refractivity contribution in [1.82, 2.24) is 0 Å². The van der Waals surface area contributed by atoms with Gasteiger partial charge in [0, 0.05) is 11.1 Å². The average molecular weight is 601 g/mol. The predicted octanol–water partition coefficient (Wildman–Crippen LogP) is -0.857. The van der Waals surface area contributed by atoms with Crippen LogP contribution in [-0.2, 0) is 9.47 Å². The van der Waals surface area contributed by atoms with E-state index in [-0.39, 0.29) is 70.2 Å². The molecule has 2 aromatic rings. The largest absolute Gasteiger partial charge is 1.00 e. The topological polar surface area (TPSA) is 133 Å². The SMILES string of the molecule is CCCCCCCCOC(=O)c1ccccc1C(=O)OCCCCCCCC.O=C([O-])c1ccccc1C(=O)[O-].[Na+].[Na+]. The summed E-state index contributed by atoms with van der Waals surface area (Å²) >= 11 is 0. The van der Waals surface area contributed by atoms with Crippen molar-refractivity contribution in [3.8, 4) is 0 Å². The van der Waals surface area contributed by atoms with Crippen LogP contribution in [0.3, 0.4) is 0 Å². The second-order valence-electron chi connectivity index (χ2n) is 9.47. The van der Waals surface area contributed by atoms with Gasteiger partial charge in [-0.05, 0) is 25.0 Å². The fraction of sp³-hybridized carbons (Fsp3) is 0.500. The smallest absolute Gasteiger partial charge is 0.545 e. The van der Waals surface area contributed by atoms with E-state index >= 15 is 0 Å². The van der Waals surface area contributed by atoms with Gasteiger partial charge in [0.05, 0.1) is 36.3 Å². The Morgan fingerprint density at radius 2 is 0.786 bits per heavy atom. The van der Waals surface area contributed by atoms with Crippen molar-refractivity contribution in [1.29, 1.82) is 0 Å². The van der Waals surface area contributed by atoms with Crippen LogP contribution < -0.4 is 69.3 Å². The van der Waals surface area contributed by atoms with E-state index in [4.69, 9.17) is 9.47 Å². The van der Waals surface area contributed by atoms with Gasteiger partial charge >= 0.3 is 71.1 Å². The third kappa shape index (κ3) is 18.1. The molecule has 0 unspecified atom stereocenters. The average Bonchev–Trinajstić information content (AvgIpc) is 2.96. The molecule has 0 atom stereocenters. The molecule has 0 aromatic heterocycles. The summed E-state index contributed by atoms with van der Waals surface area (Å²) in [6.07, 6.45) is 13.6. The van der Waals surface area contributed by atoms with Gasteiger partial charge in [0.1, 0.15) is 0 Å². The van der Waals surface area contributed by atoms with Gasteiger partial charge in [0.25, 0.3) is 0 Å². The Hall–Kier alpha value is -1.68. The maximum absolute atomic E-state index is 12.4. The first-order valence-electron chi connectivity index (χ1n) is 14.3. The van der Waals surface area contributed by atoms with E-state index in [1.165, 1.54) is 63.5 Å². The molecule has 0 saturated carbocycles. The van der Waals surface area contributed by atoms with Crippen LogP contribution in [0.1, 0.15) is 132 Å². The zero-order valence-electron chi connectivity index (χ0n) is 25.8. The van der Waals surface area contributed by atoms with Crippen molar-refractivity contribution in [3.05, 3.63) is 70.8 Å². The van der Waals surface area contributed by atoms with Crippen LogP contribution in [0.15, 0.2) is 48.5 Å². The van der Waals surface area contributed by atoms with E-state index in [1.54, 1.807) is 24.3 Å². The van der Waals surface area contributed by atoms with E-state index in [0.717, 1.165) is 37.8 Å². The summed E-state index contributed by atoms with van der Waals surface area (Å²) in [5.41, 5.74) is -0.141. The molecule has 0 spiro atoms. The van der Waals surface area contributed by atoms with Crippen LogP contribution in [0.5, 0.6) is 0 Å². The summed E-state index contributed by atoms with van der Waals surface area (Å²) in [5, 5.41) is 20.6. The number of unbranched alkanes of at least 4 members (excludes halogenated alkanes) is 10. The summed E-state index contributed by atoms with van der Waals surface area (Å²) < 4.78 is 10.7. The number of hydrogen-bond acceptors (Lipinski definition) is 8. The van der Waals surface area contributed by atoms with E-state index in [9.17, 15) is 29.4 Å². The molecule has 10 heteroatoms. The molecular formula is C32H42Na2O8. The first-order chi connectivity index (χ1) is 19.3. The van der Waals surface area contributed by atoms with E-state index in [0.29, 0.717) is 24.3 Å². The minimum absolute atomic E-state index is 0. The summed E-state index contributed by atoms with van der Waals surface area (Å²) in [6.45, 7) is 5.17. The molecule has 0 saturated heterocycles. The normalized spacial score (nSPS) is 9.76. The van der Waals surface area contributed by atoms with Gasteiger partial charge in [-0.25, -0.2) is 9.59 Å². The Morgan fingerprint density at radius 3 is 1.10 bits per heavy atom. The number of rotatable bonds is 18. The Balaban J connectivity index is 0. The van der Waals surface area contributed by atoms with Crippen LogP contribution in [0, 0.1) is 0 Å². The third-order valence-corrected chi connectivity index (χ3v) is 6.20. The zero-order chi connectivity index (χ0) is 29.6. The number of aromatic carboxylic acids is 2. The Labute approximate surface area is 294 Å². The van der Waals surface area contributed by atoms with Gasteiger partial charge in [-0.15, -0.1) is 0 Å². The van der Waals surface area contributed by atoms with Gasteiger partial charge in [-0.2, -0.15) is 0 Å². The number of ether oxygens (including phenoxy) is 2. The van der Waals surface area contributed by atoms with Gasteiger partial charge in [0.2, 0.25) is 0 Å². The van der Waals surface area contributed by atoms with Crippen molar-refractivity contribution in [3.63, 3.8) is 0 Å². The van der Waals surface area contributed by atoms with Gasteiger partial charge in [-0.3, -0.25) is 0 Å². The number of hydrogen-bond donors (Lipinski definition) is 0. The first kappa shape index (κ1) is 42.5. The molecule has 0 radical (unpaired) electrons. The monoisotopic (exact) mass is 600 g/mol. The fourth-order valence-electron chi connectivity index (χ4n) is 3.93. The molecule has 2 aromatic carbocycles. The minimum Gasteiger partial charge on any atom is -0.545 e. The second-order valence-corrected chi connectivity index (χ2v) is 9.47. The van der Waals surface area contributed by atoms with E-state index in [2.05, 4.69) is 13.8 Å². The molecule has 2 rings (SSSR count). The molecule has 0 aliphatic rings. The third-order valence-electron chi connectivity index (χ3n) is 6.20. The molecule has 0 heterocycles. The molecule has 220 valence electrons. The molecule has 0 fully saturated rings. The number of carboxylic acid groups (broad SMARTS) is 2. The number of carbonyl (C=O) groups is 4. The molecule has 8 nitrogen and oxygen atoms in total. The summed E-state index contributed by atoms with van der Waals surface area (Å²) in [7, 11) is 0. The molecule has 0 N–H and O–H groups in total. The zero-order valence-corrected chi connectivity index (χ0v) is 29.8. The van der Waals surface area contributed by atoms with Crippen LogP contribution >= 0.6 is 0 Å². The number of benzene rings is 2. The summed E-state index contributed by atoms with van der Waals surface area (Å²) in [6, 6.07) is 11.9. The van der Waals surface area contributed by atoms with E-state index < -0.39 is 23.9 Å². The van der Waals surface area contributed by atoms with Crippen molar-refractivity contribution >= 4 is 23.9 Å². The van der Waals surface area contributed by atoms with Crippen molar-refractivity contribution in [2.75, 3.05) is 13.2 Å². The van der Waals surface area contributed by atoms with Crippen molar-refractivity contribution in [2.45, 2.75) is 90.9 Å².